The Morgan fingerprint density at radius 3 is 2.50 bits per heavy atom. The monoisotopic (exact) mass is 218 g/mol. The third-order valence-corrected chi connectivity index (χ3v) is 3.13. The van der Waals surface area contributed by atoms with Crippen molar-refractivity contribution < 1.29 is 15.0 Å². The molecule has 0 aliphatic carbocycles. The Morgan fingerprint density at radius 2 is 2.07 bits per heavy atom. The Hall–Kier alpha value is -0.480. The second-order valence-electron chi connectivity index (χ2n) is 3.89. The van der Waals surface area contributed by atoms with E-state index in [0.717, 1.165) is 5.57 Å². The quantitative estimate of drug-likeness (QED) is 0.718. The molecule has 0 aliphatic heterocycles. The number of aliphatic hydroxyl groups is 1. The van der Waals surface area contributed by atoms with Gasteiger partial charge < -0.3 is 10.2 Å². The first-order valence-electron chi connectivity index (χ1n) is 4.53. The van der Waals surface area contributed by atoms with Crippen molar-refractivity contribution in [3.8, 4) is 0 Å². The summed E-state index contributed by atoms with van der Waals surface area (Å²) in [7, 11) is 0. The molecule has 82 valence electrons. The van der Waals surface area contributed by atoms with Gasteiger partial charge in [-0.1, -0.05) is 13.8 Å². The number of carbonyl (C=O) groups is 1. The van der Waals surface area contributed by atoms with Crippen molar-refractivity contribution in [1.29, 1.82) is 0 Å². The zero-order valence-corrected chi connectivity index (χ0v) is 9.73. The second-order valence-corrected chi connectivity index (χ2v) is 5.47. The Morgan fingerprint density at radius 1 is 1.50 bits per heavy atom. The first-order chi connectivity index (χ1) is 6.37. The minimum atomic E-state index is -0.762. The van der Waals surface area contributed by atoms with Crippen molar-refractivity contribution in [2.75, 3.05) is 6.61 Å². The van der Waals surface area contributed by atoms with Gasteiger partial charge in [0.05, 0.1) is 6.61 Å². The van der Waals surface area contributed by atoms with Crippen LogP contribution in [0.5, 0.6) is 0 Å². The van der Waals surface area contributed by atoms with E-state index in [1.54, 1.807) is 11.8 Å². The highest BCUT2D eigenvalue weighted by molar-refractivity contribution is 8.03. The summed E-state index contributed by atoms with van der Waals surface area (Å²) in [6, 6.07) is 0. The molecule has 0 fully saturated rings. The molecule has 0 aliphatic rings. The van der Waals surface area contributed by atoms with Gasteiger partial charge in [-0.2, -0.15) is 0 Å². The molecule has 0 atom stereocenters. The summed E-state index contributed by atoms with van der Waals surface area (Å²) in [4.78, 5) is 10.4. The first kappa shape index (κ1) is 13.5. The van der Waals surface area contributed by atoms with Crippen molar-refractivity contribution in [2.45, 2.75) is 38.4 Å². The molecule has 3 nitrogen and oxygen atoms in total. The average molecular weight is 218 g/mol. The predicted octanol–water partition coefficient (Wildman–Crippen LogP) is 2.26. The topological polar surface area (TPSA) is 57.5 Å². The zero-order chi connectivity index (χ0) is 11.2. The van der Waals surface area contributed by atoms with Gasteiger partial charge in [0.15, 0.2) is 0 Å². The molecule has 2 N–H and O–H groups in total. The number of rotatable bonds is 6. The normalized spacial score (nSPS) is 13.0. The summed E-state index contributed by atoms with van der Waals surface area (Å²) < 4.78 is -0.0885. The van der Waals surface area contributed by atoms with Crippen LogP contribution in [0.4, 0.5) is 0 Å². The number of aliphatic carboxylic acids is 1. The molecule has 0 aromatic carbocycles. The third-order valence-electron chi connectivity index (χ3n) is 1.77. The van der Waals surface area contributed by atoms with Crippen LogP contribution in [0.2, 0.25) is 0 Å². The predicted molar refractivity (Wildman–Crippen MR) is 59.4 cm³/mol. The van der Waals surface area contributed by atoms with Gasteiger partial charge in [-0.15, -0.1) is 11.8 Å². The zero-order valence-electron chi connectivity index (χ0n) is 8.91. The SMILES string of the molecule is C/C(=C\SC(C)(C)CCC(=O)O)CO. The molecule has 0 rings (SSSR count). The Balaban J connectivity index is 4.00. The maximum absolute atomic E-state index is 10.4. The fourth-order valence-electron chi connectivity index (χ4n) is 0.764. The van der Waals surface area contributed by atoms with Crippen LogP contribution in [0, 0.1) is 0 Å². The molecule has 0 radical (unpaired) electrons. The van der Waals surface area contributed by atoms with E-state index in [-0.39, 0.29) is 17.8 Å². The van der Waals surface area contributed by atoms with Crippen molar-refractivity contribution in [2.24, 2.45) is 0 Å². The lowest BCUT2D eigenvalue weighted by Gasteiger charge is -2.21. The van der Waals surface area contributed by atoms with Crippen LogP contribution in [0.3, 0.4) is 0 Å². The van der Waals surface area contributed by atoms with Crippen LogP contribution in [0.15, 0.2) is 11.0 Å². The molecular formula is C10H18O3S. The summed E-state index contributed by atoms with van der Waals surface area (Å²) in [6.07, 6.45) is 0.814. The fourth-order valence-corrected chi connectivity index (χ4v) is 1.58. The summed E-state index contributed by atoms with van der Waals surface area (Å²) >= 11 is 1.57. The van der Waals surface area contributed by atoms with E-state index in [4.69, 9.17) is 10.2 Å². The number of hydrogen-bond donors (Lipinski definition) is 2. The minimum absolute atomic E-state index is 0.0576. The highest BCUT2D eigenvalue weighted by Crippen LogP contribution is 2.31. The smallest absolute Gasteiger partial charge is 0.303 e. The van der Waals surface area contributed by atoms with Gasteiger partial charge in [0.1, 0.15) is 0 Å². The molecular weight excluding hydrogens is 200 g/mol. The standard InChI is InChI=1S/C10H18O3S/c1-8(6-11)7-14-10(2,3)5-4-9(12)13/h7,11H,4-6H2,1-3H3,(H,12,13)/b8-7+. The van der Waals surface area contributed by atoms with E-state index < -0.39 is 5.97 Å². The second kappa shape index (κ2) is 6.09. The van der Waals surface area contributed by atoms with Crippen molar-refractivity contribution >= 4 is 17.7 Å². The maximum Gasteiger partial charge on any atom is 0.303 e. The van der Waals surface area contributed by atoms with Crippen molar-refractivity contribution in [3.63, 3.8) is 0 Å². The first-order valence-corrected chi connectivity index (χ1v) is 5.41. The minimum Gasteiger partial charge on any atom is -0.481 e. The van der Waals surface area contributed by atoms with Gasteiger partial charge in [-0.25, -0.2) is 0 Å². The summed E-state index contributed by atoms with van der Waals surface area (Å²) in [6.45, 7) is 5.91. The highest BCUT2D eigenvalue weighted by Gasteiger charge is 2.18. The third kappa shape index (κ3) is 6.97. The fraction of sp³-hybridized carbons (Fsp3) is 0.700. The van der Waals surface area contributed by atoms with Gasteiger partial charge >= 0.3 is 5.97 Å². The van der Waals surface area contributed by atoms with Crippen LogP contribution < -0.4 is 0 Å². The van der Waals surface area contributed by atoms with Gasteiger partial charge in [0.25, 0.3) is 0 Å². The van der Waals surface area contributed by atoms with Crippen molar-refractivity contribution in [1.82, 2.24) is 0 Å². The number of carboxylic acids is 1. The Kier molecular flexibility index (Phi) is 5.88. The molecule has 4 heteroatoms. The molecule has 0 aromatic heterocycles. The maximum atomic E-state index is 10.4. The van der Waals surface area contributed by atoms with E-state index in [2.05, 4.69) is 0 Å². The summed E-state index contributed by atoms with van der Waals surface area (Å²) in [5.74, 6) is -0.762. The molecule has 0 unspecified atom stereocenters. The largest absolute Gasteiger partial charge is 0.481 e. The Bertz CT molecular complexity index is 221. The molecule has 0 saturated heterocycles. The lowest BCUT2D eigenvalue weighted by atomic mass is 10.1. The van der Waals surface area contributed by atoms with E-state index in [9.17, 15) is 4.79 Å². The van der Waals surface area contributed by atoms with Gasteiger partial charge in [0.2, 0.25) is 0 Å². The van der Waals surface area contributed by atoms with Crippen LogP contribution in [0.1, 0.15) is 33.6 Å². The van der Waals surface area contributed by atoms with Gasteiger partial charge in [0, 0.05) is 11.2 Å². The number of hydrogen-bond acceptors (Lipinski definition) is 3. The van der Waals surface area contributed by atoms with Crippen LogP contribution in [-0.4, -0.2) is 27.5 Å². The van der Waals surface area contributed by atoms with Crippen molar-refractivity contribution in [3.05, 3.63) is 11.0 Å². The molecule has 0 bridgehead atoms. The number of thioether (sulfide) groups is 1. The van der Waals surface area contributed by atoms with Gasteiger partial charge in [-0.05, 0) is 24.3 Å². The molecule has 0 amide bonds. The lowest BCUT2D eigenvalue weighted by Crippen LogP contribution is -2.15. The summed E-state index contributed by atoms with van der Waals surface area (Å²) in [5, 5.41) is 19.2. The number of carboxylic acid groups (broad SMARTS) is 1. The highest BCUT2D eigenvalue weighted by atomic mass is 32.2. The van der Waals surface area contributed by atoms with Crippen LogP contribution in [-0.2, 0) is 4.79 Å². The van der Waals surface area contributed by atoms with E-state index in [1.165, 1.54) is 0 Å². The van der Waals surface area contributed by atoms with Gasteiger partial charge in [-0.3, -0.25) is 4.79 Å². The molecule has 0 saturated carbocycles. The van der Waals surface area contributed by atoms with Crippen LogP contribution >= 0.6 is 11.8 Å². The Labute approximate surface area is 89.2 Å². The average Bonchev–Trinajstić information content (AvgIpc) is 2.11. The summed E-state index contributed by atoms with van der Waals surface area (Å²) in [5.41, 5.74) is 0.901. The molecule has 0 spiro atoms. The number of aliphatic hydroxyl groups excluding tert-OH is 1. The van der Waals surface area contributed by atoms with E-state index >= 15 is 0 Å². The van der Waals surface area contributed by atoms with E-state index in [1.807, 2.05) is 26.2 Å². The molecule has 0 aromatic rings. The molecule has 14 heavy (non-hydrogen) atoms. The molecule has 0 heterocycles. The lowest BCUT2D eigenvalue weighted by molar-refractivity contribution is -0.137. The van der Waals surface area contributed by atoms with Crippen LogP contribution in [0.25, 0.3) is 0 Å². The van der Waals surface area contributed by atoms with E-state index in [0.29, 0.717) is 6.42 Å².